The molecule has 0 amide bonds. The highest BCUT2D eigenvalue weighted by molar-refractivity contribution is 5.73. The maximum Gasteiger partial charge on any atom is 0.124 e. The molecule has 0 bridgehead atoms. The van der Waals surface area contributed by atoms with Crippen LogP contribution in [0, 0.1) is 5.41 Å². The van der Waals surface area contributed by atoms with Crippen LogP contribution in [0.2, 0.25) is 0 Å². The number of aromatic nitrogens is 3. The van der Waals surface area contributed by atoms with E-state index in [2.05, 4.69) is 95.1 Å². The molecule has 34 heavy (non-hydrogen) atoms. The minimum atomic E-state index is -0.365. The van der Waals surface area contributed by atoms with Crippen molar-refractivity contribution in [2.45, 2.75) is 72.3 Å². The normalized spacial score (nSPS) is 12.9. The maximum atomic E-state index is 11.6. The monoisotopic (exact) mass is 455 g/mol. The summed E-state index contributed by atoms with van der Waals surface area (Å²) in [5.74, 6) is 0.325. The van der Waals surface area contributed by atoms with Gasteiger partial charge in [0.2, 0.25) is 0 Å². The molecule has 0 spiro atoms. The third-order valence-electron chi connectivity index (χ3n) is 6.75. The van der Waals surface area contributed by atoms with Crippen LogP contribution in [-0.2, 0) is 17.4 Å². The molecular formula is C30H37N3O. The van der Waals surface area contributed by atoms with Crippen molar-refractivity contribution >= 4 is 11.0 Å². The Balaban J connectivity index is 1.86. The summed E-state index contributed by atoms with van der Waals surface area (Å²) in [6.07, 6.45) is 1.03. The first-order valence-electron chi connectivity index (χ1n) is 12.1. The molecule has 0 atom stereocenters. The zero-order valence-electron chi connectivity index (χ0n) is 21.6. The van der Waals surface area contributed by atoms with Crippen molar-refractivity contribution in [2.24, 2.45) is 5.41 Å². The summed E-state index contributed by atoms with van der Waals surface area (Å²) >= 11 is 0. The first-order chi connectivity index (χ1) is 15.9. The highest BCUT2D eigenvalue weighted by atomic mass is 16.3. The van der Waals surface area contributed by atoms with Crippen molar-refractivity contribution in [2.75, 3.05) is 0 Å². The Labute approximate surface area is 203 Å². The van der Waals surface area contributed by atoms with E-state index in [4.69, 9.17) is 0 Å². The molecule has 0 fully saturated rings. The zero-order valence-corrected chi connectivity index (χ0v) is 21.6. The van der Waals surface area contributed by atoms with Crippen LogP contribution in [0.5, 0.6) is 5.75 Å². The number of aromatic hydroxyl groups is 1. The zero-order chi connectivity index (χ0) is 24.7. The van der Waals surface area contributed by atoms with E-state index in [0.29, 0.717) is 12.3 Å². The van der Waals surface area contributed by atoms with Crippen LogP contribution in [0.4, 0.5) is 0 Å². The van der Waals surface area contributed by atoms with Crippen LogP contribution in [0.25, 0.3) is 11.0 Å². The lowest BCUT2D eigenvalue weighted by molar-refractivity contribution is 0.283. The first-order valence-corrected chi connectivity index (χ1v) is 12.1. The molecule has 1 aromatic heterocycles. The van der Waals surface area contributed by atoms with Crippen molar-refractivity contribution < 1.29 is 5.11 Å². The van der Waals surface area contributed by atoms with Gasteiger partial charge in [0, 0.05) is 16.5 Å². The molecule has 178 valence electrons. The average molecular weight is 456 g/mol. The molecule has 1 N–H and O–H groups in total. The van der Waals surface area contributed by atoms with E-state index >= 15 is 0 Å². The van der Waals surface area contributed by atoms with Gasteiger partial charge in [-0.3, -0.25) is 0 Å². The highest BCUT2D eigenvalue weighted by Crippen LogP contribution is 2.44. The SMILES string of the molecule is CC(C)(C)CC(C)(C)c1cc(Cn2nc3ccccc3n2)c(O)c(C(C)(C)c2ccccc2)c1. The lowest BCUT2D eigenvalue weighted by Gasteiger charge is -2.35. The van der Waals surface area contributed by atoms with Gasteiger partial charge in [-0.15, -0.1) is 0 Å². The van der Waals surface area contributed by atoms with E-state index in [-0.39, 0.29) is 16.2 Å². The molecular weight excluding hydrogens is 418 g/mol. The van der Waals surface area contributed by atoms with Gasteiger partial charge in [0.25, 0.3) is 0 Å². The molecule has 4 rings (SSSR count). The second-order valence-corrected chi connectivity index (χ2v) is 11.9. The molecule has 1 heterocycles. The summed E-state index contributed by atoms with van der Waals surface area (Å²) in [6, 6.07) is 22.6. The summed E-state index contributed by atoms with van der Waals surface area (Å²) in [7, 11) is 0. The van der Waals surface area contributed by atoms with E-state index < -0.39 is 0 Å². The standard InChI is InChI=1S/C30H37N3O/c1-28(2,3)20-29(4,5)23-17-21(19-33-31-25-15-11-12-16-26(25)32-33)27(34)24(18-23)30(6,7)22-13-9-8-10-14-22/h8-18,34H,19-20H2,1-7H3. The van der Waals surface area contributed by atoms with Gasteiger partial charge in [0.1, 0.15) is 16.8 Å². The van der Waals surface area contributed by atoms with Gasteiger partial charge >= 0.3 is 0 Å². The van der Waals surface area contributed by atoms with Crippen molar-refractivity contribution in [3.63, 3.8) is 0 Å². The Hall–Kier alpha value is -3.14. The lowest BCUT2D eigenvalue weighted by atomic mass is 9.69. The summed E-state index contributed by atoms with van der Waals surface area (Å²) in [4.78, 5) is 1.69. The number of phenolic OH excluding ortho intramolecular Hbond substituents is 1. The molecule has 4 nitrogen and oxygen atoms in total. The van der Waals surface area contributed by atoms with E-state index in [9.17, 15) is 5.11 Å². The molecule has 0 aliphatic rings. The fraction of sp³-hybridized carbons (Fsp3) is 0.400. The second-order valence-electron chi connectivity index (χ2n) is 11.9. The fourth-order valence-corrected chi connectivity index (χ4v) is 5.25. The molecule has 0 saturated heterocycles. The Bertz CT molecular complexity index is 1260. The van der Waals surface area contributed by atoms with E-state index in [0.717, 1.165) is 28.6 Å². The van der Waals surface area contributed by atoms with E-state index in [1.54, 1.807) is 4.80 Å². The van der Waals surface area contributed by atoms with Crippen molar-refractivity contribution in [1.82, 2.24) is 15.0 Å². The van der Waals surface area contributed by atoms with E-state index in [1.807, 2.05) is 30.3 Å². The Morgan fingerprint density at radius 3 is 1.85 bits per heavy atom. The molecule has 0 unspecified atom stereocenters. The Kier molecular flexibility index (Phi) is 6.05. The van der Waals surface area contributed by atoms with Crippen LogP contribution in [0.15, 0.2) is 66.7 Å². The molecule has 0 aliphatic carbocycles. The molecule has 3 aromatic carbocycles. The number of phenols is 1. The number of nitrogens with zero attached hydrogens (tertiary/aromatic N) is 3. The average Bonchev–Trinajstić information content (AvgIpc) is 3.16. The highest BCUT2D eigenvalue weighted by Gasteiger charge is 2.33. The van der Waals surface area contributed by atoms with Gasteiger partial charge < -0.3 is 5.11 Å². The minimum Gasteiger partial charge on any atom is -0.507 e. The second kappa shape index (κ2) is 8.57. The molecule has 0 saturated carbocycles. The predicted molar refractivity (Wildman–Crippen MR) is 140 cm³/mol. The summed E-state index contributed by atoms with van der Waals surface area (Å²) < 4.78 is 0. The molecule has 0 radical (unpaired) electrons. The largest absolute Gasteiger partial charge is 0.507 e. The summed E-state index contributed by atoms with van der Waals surface area (Å²) in [5.41, 5.74) is 5.64. The smallest absolute Gasteiger partial charge is 0.124 e. The van der Waals surface area contributed by atoms with Gasteiger partial charge in [0.05, 0.1) is 6.54 Å². The Morgan fingerprint density at radius 2 is 1.29 bits per heavy atom. The van der Waals surface area contributed by atoms with Crippen LogP contribution in [-0.4, -0.2) is 20.1 Å². The Morgan fingerprint density at radius 1 is 0.735 bits per heavy atom. The third-order valence-corrected chi connectivity index (χ3v) is 6.75. The topological polar surface area (TPSA) is 50.9 Å². The van der Waals surface area contributed by atoms with Crippen LogP contribution in [0.1, 0.15) is 77.1 Å². The third kappa shape index (κ3) is 4.86. The number of benzene rings is 3. The summed E-state index contributed by atoms with van der Waals surface area (Å²) in [5, 5.41) is 20.9. The van der Waals surface area contributed by atoms with Crippen LogP contribution in [0.3, 0.4) is 0 Å². The molecule has 0 aliphatic heterocycles. The van der Waals surface area contributed by atoms with Gasteiger partial charge in [0.15, 0.2) is 0 Å². The van der Waals surface area contributed by atoms with Gasteiger partial charge in [-0.25, -0.2) is 0 Å². The van der Waals surface area contributed by atoms with Gasteiger partial charge in [-0.1, -0.05) is 97.0 Å². The molecule has 4 heteroatoms. The minimum absolute atomic E-state index is 0.0650. The quantitative estimate of drug-likeness (QED) is 0.334. The maximum absolute atomic E-state index is 11.6. The molecule has 4 aromatic rings. The predicted octanol–water partition coefficient (Wildman–Crippen LogP) is 7.22. The fourth-order valence-electron chi connectivity index (χ4n) is 5.25. The first kappa shape index (κ1) is 24.0. The van der Waals surface area contributed by atoms with Crippen LogP contribution < -0.4 is 0 Å². The number of hydrogen-bond acceptors (Lipinski definition) is 3. The van der Waals surface area contributed by atoms with Crippen molar-refractivity contribution in [3.05, 3.63) is 89.0 Å². The number of fused-ring (bicyclic) bond motifs is 1. The number of rotatable bonds is 6. The van der Waals surface area contributed by atoms with Crippen molar-refractivity contribution in [1.29, 1.82) is 0 Å². The lowest BCUT2D eigenvalue weighted by Crippen LogP contribution is -2.27. The van der Waals surface area contributed by atoms with Crippen LogP contribution >= 0.6 is 0 Å². The van der Waals surface area contributed by atoms with Gasteiger partial charge in [-0.2, -0.15) is 15.0 Å². The van der Waals surface area contributed by atoms with Gasteiger partial charge in [-0.05, 0) is 46.6 Å². The number of hydrogen-bond donors (Lipinski definition) is 1. The van der Waals surface area contributed by atoms with E-state index in [1.165, 1.54) is 11.1 Å². The van der Waals surface area contributed by atoms with Crippen molar-refractivity contribution in [3.8, 4) is 5.75 Å². The summed E-state index contributed by atoms with van der Waals surface area (Å²) in [6.45, 7) is 16.2.